The highest BCUT2D eigenvalue weighted by Gasteiger charge is 2.21. The van der Waals surface area contributed by atoms with Crippen LogP contribution in [0.5, 0.6) is 0 Å². The third-order valence-corrected chi connectivity index (χ3v) is 4.36. The van der Waals surface area contributed by atoms with E-state index < -0.39 is 16.1 Å². The maximum Gasteiger partial charge on any atom is 0.335 e. The molecule has 126 valence electrons. The average molecular weight is 341 g/mol. The van der Waals surface area contributed by atoms with Gasteiger partial charge in [0.2, 0.25) is 5.95 Å². The molecule has 3 N–H and O–H groups in total. The summed E-state index contributed by atoms with van der Waals surface area (Å²) < 4.78 is 26.1. The number of nitrogens with one attached hydrogen (secondary N) is 3. The molecule has 2 amide bonds. The summed E-state index contributed by atoms with van der Waals surface area (Å²) in [4.78, 5) is 30.2. The first-order valence-corrected chi connectivity index (χ1v) is 8.15. The molecule has 1 heterocycles. The van der Waals surface area contributed by atoms with Gasteiger partial charge in [0.15, 0.2) is 0 Å². The van der Waals surface area contributed by atoms with Crippen LogP contribution in [-0.2, 0) is 14.8 Å². The Bertz CT molecular complexity index is 722. The molecule has 0 saturated heterocycles. The van der Waals surface area contributed by atoms with Gasteiger partial charge < -0.3 is 10.1 Å². The van der Waals surface area contributed by atoms with Crippen molar-refractivity contribution in [2.75, 3.05) is 12.4 Å². The number of carbonyl (C=O) groups excluding carboxylic acids is 2. The summed E-state index contributed by atoms with van der Waals surface area (Å²) in [6, 6.07) is 0.724. The molecule has 1 aromatic heterocycles. The fourth-order valence-electron chi connectivity index (χ4n) is 1.77. The highest BCUT2D eigenvalue weighted by molar-refractivity contribution is 7.93. The lowest BCUT2D eigenvalue weighted by molar-refractivity contribution is -0.107. The molecule has 0 fully saturated rings. The Morgan fingerprint density at radius 3 is 2.30 bits per heavy atom. The van der Waals surface area contributed by atoms with Crippen LogP contribution in [0.25, 0.3) is 0 Å². The Balaban J connectivity index is 2.92. The fourth-order valence-corrected chi connectivity index (χ4v) is 2.73. The lowest BCUT2D eigenvalue weighted by Gasteiger charge is -2.12. The van der Waals surface area contributed by atoms with E-state index in [-0.39, 0.29) is 23.0 Å². The van der Waals surface area contributed by atoms with Gasteiger partial charge in [0.05, 0.1) is 4.91 Å². The summed E-state index contributed by atoms with van der Waals surface area (Å²) in [5.41, 5.74) is 1.47. The van der Waals surface area contributed by atoms with Gasteiger partial charge in [-0.1, -0.05) is 0 Å². The molecule has 23 heavy (non-hydrogen) atoms. The molecule has 0 unspecified atom stereocenters. The van der Waals surface area contributed by atoms with Crippen molar-refractivity contribution >= 4 is 28.3 Å². The monoisotopic (exact) mass is 341 g/mol. The number of amides is 2. The number of aryl methyl sites for hydroxylation is 2. The molecule has 0 aromatic carbocycles. The minimum Gasteiger partial charge on any atom is -0.390 e. The van der Waals surface area contributed by atoms with Crippen LogP contribution in [0, 0.1) is 13.8 Å². The van der Waals surface area contributed by atoms with Gasteiger partial charge in [0.1, 0.15) is 6.29 Å². The van der Waals surface area contributed by atoms with Crippen molar-refractivity contribution in [1.82, 2.24) is 20.0 Å². The zero-order valence-corrected chi connectivity index (χ0v) is 14.1. The van der Waals surface area contributed by atoms with Crippen LogP contribution >= 0.6 is 0 Å². The first-order valence-electron chi connectivity index (χ1n) is 6.66. The molecule has 0 bridgehead atoms. The molecule has 1 aromatic rings. The SMILES string of the molecule is CNC(CC=O)=C(C)S(=O)(=O)NC(=O)Nc1nc(C)cc(C)n1. The summed E-state index contributed by atoms with van der Waals surface area (Å²) >= 11 is 0. The number of hydrogen-bond donors (Lipinski definition) is 3. The van der Waals surface area contributed by atoms with Gasteiger partial charge in [0.25, 0.3) is 10.0 Å². The second-order valence-electron chi connectivity index (χ2n) is 4.69. The Labute approximate surface area is 134 Å². The molecule has 9 nitrogen and oxygen atoms in total. The van der Waals surface area contributed by atoms with Crippen molar-refractivity contribution < 1.29 is 18.0 Å². The molecule has 0 aliphatic carbocycles. The average Bonchev–Trinajstić information content (AvgIpc) is 2.42. The quantitative estimate of drug-likeness (QED) is 0.645. The van der Waals surface area contributed by atoms with E-state index in [4.69, 9.17) is 0 Å². The Morgan fingerprint density at radius 2 is 1.83 bits per heavy atom. The predicted molar refractivity (Wildman–Crippen MR) is 85.0 cm³/mol. The van der Waals surface area contributed by atoms with Crippen molar-refractivity contribution in [1.29, 1.82) is 0 Å². The number of sulfonamides is 1. The van der Waals surface area contributed by atoms with Crippen LogP contribution in [0.4, 0.5) is 10.7 Å². The fraction of sp³-hybridized carbons (Fsp3) is 0.385. The Kier molecular flexibility index (Phi) is 6.19. The maximum atomic E-state index is 12.1. The highest BCUT2D eigenvalue weighted by atomic mass is 32.2. The predicted octanol–water partition coefficient (Wildman–Crippen LogP) is 0.585. The van der Waals surface area contributed by atoms with Crippen molar-refractivity contribution in [3.05, 3.63) is 28.1 Å². The number of aldehydes is 1. The summed E-state index contributed by atoms with van der Waals surface area (Å²) in [6.45, 7) is 4.73. The summed E-state index contributed by atoms with van der Waals surface area (Å²) in [5.74, 6) is -0.00133. The van der Waals surface area contributed by atoms with E-state index >= 15 is 0 Å². The van der Waals surface area contributed by atoms with Crippen molar-refractivity contribution in [3.63, 3.8) is 0 Å². The summed E-state index contributed by atoms with van der Waals surface area (Å²) in [6.07, 6.45) is 0.458. The molecule has 0 aliphatic rings. The third kappa shape index (κ3) is 5.33. The third-order valence-electron chi connectivity index (χ3n) is 2.85. The number of anilines is 1. The van der Waals surface area contributed by atoms with Gasteiger partial charge in [-0.3, -0.25) is 5.32 Å². The molecular weight excluding hydrogens is 322 g/mol. The van der Waals surface area contributed by atoms with E-state index in [0.29, 0.717) is 17.7 Å². The van der Waals surface area contributed by atoms with E-state index in [1.54, 1.807) is 19.9 Å². The molecule has 0 saturated carbocycles. The minimum atomic E-state index is -4.09. The number of rotatable bonds is 6. The van der Waals surface area contributed by atoms with Gasteiger partial charge in [-0.2, -0.15) is 0 Å². The normalized spacial score (nSPS) is 12.2. The van der Waals surface area contributed by atoms with Crippen molar-refractivity contribution in [2.24, 2.45) is 0 Å². The van der Waals surface area contributed by atoms with Crippen LogP contribution in [-0.4, -0.2) is 37.8 Å². The van der Waals surface area contributed by atoms with Crippen molar-refractivity contribution in [2.45, 2.75) is 27.2 Å². The maximum absolute atomic E-state index is 12.1. The lowest BCUT2D eigenvalue weighted by Crippen LogP contribution is -2.36. The molecule has 0 atom stereocenters. The number of carbonyl (C=O) groups is 2. The first kappa shape index (κ1) is 18.6. The second kappa shape index (κ2) is 7.68. The minimum absolute atomic E-state index is 0.00133. The zero-order chi connectivity index (χ0) is 17.6. The number of allylic oxidation sites excluding steroid dienone is 2. The van der Waals surface area contributed by atoms with E-state index in [1.165, 1.54) is 14.0 Å². The molecule has 10 heteroatoms. The van der Waals surface area contributed by atoms with Crippen LogP contribution in [0.1, 0.15) is 24.7 Å². The van der Waals surface area contributed by atoms with Crippen LogP contribution < -0.4 is 15.4 Å². The Hall–Kier alpha value is -2.49. The number of urea groups is 1. The highest BCUT2D eigenvalue weighted by Crippen LogP contribution is 2.11. The second-order valence-corrected chi connectivity index (χ2v) is 6.51. The van der Waals surface area contributed by atoms with Gasteiger partial charge in [-0.05, 0) is 26.8 Å². The number of hydrogen-bond acceptors (Lipinski definition) is 7. The number of aromatic nitrogens is 2. The molecular formula is C13H19N5O4S. The van der Waals surface area contributed by atoms with Crippen LogP contribution in [0.3, 0.4) is 0 Å². The van der Waals surface area contributed by atoms with Gasteiger partial charge in [0, 0.05) is 30.6 Å². The van der Waals surface area contributed by atoms with Crippen molar-refractivity contribution in [3.8, 4) is 0 Å². The van der Waals surface area contributed by atoms with E-state index in [2.05, 4.69) is 20.6 Å². The van der Waals surface area contributed by atoms with Gasteiger partial charge in [-0.25, -0.2) is 27.9 Å². The summed E-state index contributed by atoms with van der Waals surface area (Å²) in [7, 11) is -2.61. The summed E-state index contributed by atoms with van der Waals surface area (Å²) in [5, 5.41) is 4.88. The van der Waals surface area contributed by atoms with E-state index in [9.17, 15) is 18.0 Å². The smallest absolute Gasteiger partial charge is 0.335 e. The standard InChI is InChI=1S/C13H19N5O4S/c1-8-7-9(2)16-12(15-8)17-13(20)18-23(21,22)10(3)11(14-4)5-6-19/h6-7,14H,5H2,1-4H3,(H2,15,16,17,18,20). The zero-order valence-electron chi connectivity index (χ0n) is 13.3. The molecule has 0 radical (unpaired) electrons. The molecule has 1 rings (SSSR count). The van der Waals surface area contributed by atoms with Crippen LogP contribution in [0.2, 0.25) is 0 Å². The molecule has 0 spiro atoms. The van der Waals surface area contributed by atoms with E-state index in [1.807, 2.05) is 4.72 Å². The van der Waals surface area contributed by atoms with Gasteiger partial charge >= 0.3 is 6.03 Å². The van der Waals surface area contributed by atoms with Gasteiger partial charge in [-0.15, -0.1) is 0 Å². The number of nitrogens with zero attached hydrogens (tertiary/aromatic N) is 2. The largest absolute Gasteiger partial charge is 0.390 e. The van der Waals surface area contributed by atoms with E-state index in [0.717, 1.165) is 0 Å². The van der Waals surface area contributed by atoms with Crippen LogP contribution in [0.15, 0.2) is 16.7 Å². The molecule has 0 aliphatic heterocycles. The Morgan fingerprint density at radius 1 is 1.26 bits per heavy atom. The lowest BCUT2D eigenvalue weighted by atomic mass is 10.3. The first-order chi connectivity index (χ1) is 10.7. The topological polar surface area (TPSA) is 130 Å².